The molecule has 0 fully saturated rings. The second kappa shape index (κ2) is 13.9. The minimum absolute atomic E-state index is 0.00827. The molecule has 0 saturated carbocycles. The summed E-state index contributed by atoms with van der Waals surface area (Å²) in [4.78, 5) is 0. The maximum atomic E-state index is 2.52. The molecular weight excluding hydrogens is 793 g/mol. The van der Waals surface area contributed by atoms with Gasteiger partial charge in [0.25, 0.3) is 0 Å². The van der Waals surface area contributed by atoms with Gasteiger partial charge < -0.3 is 0 Å². The van der Waals surface area contributed by atoms with E-state index >= 15 is 0 Å². The summed E-state index contributed by atoms with van der Waals surface area (Å²) in [5.41, 5.74) is 21.2. The summed E-state index contributed by atoms with van der Waals surface area (Å²) in [6.07, 6.45) is 0. The summed E-state index contributed by atoms with van der Waals surface area (Å²) in [5, 5.41) is 10.3. The van der Waals surface area contributed by atoms with E-state index in [1.807, 2.05) is 0 Å². The highest BCUT2D eigenvalue weighted by Gasteiger charge is 2.37. The first kappa shape index (κ1) is 40.7. The van der Waals surface area contributed by atoms with Crippen molar-refractivity contribution in [1.29, 1.82) is 0 Å². The standard InChI is InChI=1S/C66H58/c1-63(2,3)43-27-23-39-31-44(64(4,5)6)36-53(52(39)35-43)40-24-28-47-56(32-40)55(42-26-30-51-49-20-14-16-22-60(49)66(9,10)62(51)34-42)38-57-46-18-12-11-17-45(46)54(37-58(47)57)41-25-29-50-48-19-13-15-21-59(48)65(7,8)61(50)33-41/h11-38H,1-10H3. The van der Waals surface area contributed by atoms with Gasteiger partial charge in [0.15, 0.2) is 0 Å². The van der Waals surface area contributed by atoms with Crippen LogP contribution in [0.25, 0.3) is 98.7 Å². The van der Waals surface area contributed by atoms with Gasteiger partial charge in [-0.15, -0.1) is 0 Å². The van der Waals surface area contributed by atoms with Crippen LogP contribution in [0.3, 0.4) is 0 Å². The van der Waals surface area contributed by atoms with Crippen molar-refractivity contribution in [1.82, 2.24) is 0 Å². The lowest BCUT2D eigenvalue weighted by molar-refractivity contribution is 0.589. The quantitative estimate of drug-likeness (QED) is 0.155. The smallest absolute Gasteiger partial charge is 0.0159 e. The summed E-state index contributed by atoms with van der Waals surface area (Å²) in [6.45, 7) is 23.5. The molecule has 0 aromatic heterocycles. The molecule has 0 aliphatic heterocycles. The number of benzene rings is 10. The van der Waals surface area contributed by atoms with Crippen LogP contribution in [0.5, 0.6) is 0 Å². The molecule has 10 aromatic rings. The van der Waals surface area contributed by atoms with E-state index in [-0.39, 0.29) is 21.7 Å². The lowest BCUT2D eigenvalue weighted by Crippen LogP contribution is -2.14. The Labute approximate surface area is 391 Å². The van der Waals surface area contributed by atoms with E-state index in [9.17, 15) is 0 Å². The van der Waals surface area contributed by atoms with Crippen molar-refractivity contribution in [2.24, 2.45) is 0 Å². The Morgan fingerprint density at radius 1 is 0.273 bits per heavy atom. The highest BCUT2D eigenvalue weighted by atomic mass is 14.4. The third-order valence-corrected chi connectivity index (χ3v) is 15.8. The Morgan fingerprint density at radius 3 is 1.30 bits per heavy atom. The molecule has 0 N–H and O–H groups in total. The lowest BCUT2D eigenvalue weighted by Gasteiger charge is -2.24. The van der Waals surface area contributed by atoms with Gasteiger partial charge in [0.2, 0.25) is 0 Å². The molecule has 322 valence electrons. The van der Waals surface area contributed by atoms with Crippen LogP contribution in [-0.2, 0) is 21.7 Å². The van der Waals surface area contributed by atoms with Crippen LogP contribution in [0.2, 0.25) is 0 Å². The molecule has 2 aliphatic carbocycles. The maximum absolute atomic E-state index is 2.52. The van der Waals surface area contributed by atoms with E-state index in [0.29, 0.717) is 0 Å². The molecule has 66 heavy (non-hydrogen) atoms. The molecule has 0 amide bonds. The average molecular weight is 851 g/mol. The fraction of sp³-hybridized carbons (Fsp3) is 0.212. The molecule has 10 aromatic carbocycles. The predicted molar refractivity (Wildman–Crippen MR) is 285 cm³/mol. The third-order valence-electron chi connectivity index (χ3n) is 15.8. The van der Waals surface area contributed by atoms with Gasteiger partial charge in [0.05, 0.1) is 0 Å². The van der Waals surface area contributed by atoms with Gasteiger partial charge in [-0.2, -0.15) is 0 Å². The summed E-state index contributed by atoms with van der Waals surface area (Å²) < 4.78 is 0. The van der Waals surface area contributed by atoms with Crippen molar-refractivity contribution in [2.45, 2.75) is 90.9 Å². The molecule has 0 saturated heterocycles. The van der Waals surface area contributed by atoms with Gasteiger partial charge in [-0.3, -0.25) is 0 Å². The zero-order valence-electron chi connectivity index (χ0n) is 40.2. The van der Waals surface area contributed by atoms with Crippen LogP contribution in [0, 0.1) is 0 Å². The second-order valence-corrected chi connectivity index (χ2v) is 22.6. The van der Waals surface area contributed by atoms with Gasteiger partial charge >= 0.3 is 0 Å². The Morgan fingerprint density at radius 2 is 0.727 bits per heavy atom. The molecule has 0 unspecified atom stereocenters. The van der Waals surface area contributed by atoms with E-state index < -0.39 is 0 Å². The van der Waals surface area contributed by atoms with Crippen molar-refractivity contribution >= 4 is 43.1 Å². The van der Waals surface area contributed by atoms with Crippen LogP contribution in [-0.4, -0.2) is 0 Å². The molecule has 0 spiro atoms. The Balaban J connectivity index is 1.15. The van der Waals surface area contributed by atoms with Gasteiger partial charge in [-0.05, 0) is 179 Å². The van der Waals surface area contributed by atoms with Crippen molar-refractivity contribution in [3.05, 3.63) is 203 Å². The van der Waals surface area contributed by atoms with Crippen molar-refractivity contribution < 1.29 is 0 Å². The first-order valence-electron chi connectivity index (χ1n) is 24.0. The van der Waals surface area contributed by atoms with Gasteiger partial charge in [0, 0.05) is 10.8 Å². The topological polar surface area (TPSA) is 0 Å². The van der Waals surface area contributed by atoms with Gasteiger partial charge in [-0.1, -0.05) is 203 Å². The fourth-order valence-corrected chi connectivity index (χ4v) is 11.9. The first-order valence-corrected chi connectivity index (χ1v) is 24.0. The summed E-state index contributed by atoms with van der Waals surface area (Å²) in [5.74, 6) is 0. The normalized spacial score (nSPS) is 14.8. The van der Waals surface area contributed by atoms with Crippen LogP contribution >= 0.6 is 0 Å². The highest BCUT2D eigenvalue weighted by Crippen LogP contribution is 2.53. The van der Waals surface area contributed by atoms with Crippen molar-refractivity contribution in [3.63, 3.8) is 0 Å². The van der Waals surface area contributed by atoms with E-state index in [2.05, 4.69) is 239 Å². The predicted octanol–water partition coefficient (Wildman–Crippen LogP) is 18.5. The van der Waals surface area contributed by atoms with E-state index in [4.69, 9.17) is 0 Å². The Bertz CT molecular complexity index is 3700. The van der Waals surface area contributed by atoms with Gasteiger partial charge in [0.1, 0.15) is 0 Å². The second-order valence-electron chi connectivity index (χ2n) is 22.6. The number of rotatable bonds is 3. The Kier molecular flexibility index (Phi) is 8.57. The number of fused-ring (bicyclic) bond motifs is 12. The molecule has 0 nitrogen and oxygen atoms in total. The monoisotopic (exact) mass is 850 g/mol. The summed E-state index contributed by atoms with van der Waals surface area (Å²) >= 11 is 0. The molecule has 0 radical (unpaired) electrons. The molecule has 0 heteroatoms. The highest BCUT2D eigenvalue weighted by molar-refractivity contribution is 6.24. The number of hydrogen-bond donors (Lipinski definition) is 0. The summed E-state index contributed by atoms with van der Waals surface area (Å²) in [7, 11) is 0. The van der Waals surface area contributed by atoms with E-state index in [1.165, 1.54) is 132 Å². The SMILES string of the molecule is CC(C)(C)c1cc(-c2ccc3c(c2)c(-c2ccc4c(c2)C(C)(C)c2ccccc2-4)cc2c4ccccc4c(-c4ccc5c(c4)C(C)(C)c4ccccc4-5)cc32)c2cc(C(C)(C)C)ccc2c1. The molecule has 12 rings (SSSR count). The molecule has 2 aliphatic rings. The average Bonchev–Trinajstić information content (AvgIpc) is 3.68. The lowest BCUT2D eigenvalue weighted by atomic mass is 9.80. The van der Waals surface area contributed by atoms with Crippen LogP contribution < -0.4 is 0 Å². The molecule has 0 heterocycles. The first-order chi connectivity index (χ1) is 31.5. The van der Waals surface area contributed by atoms with E-state index in [1.54, 1.807) is 0 Å². The minimum atomic E-state index is -0.107. The minimum Gasteiger partial charge on any atom is -0.0619 e. The largest absolute Gasteiger partial charge is 0.0619 e. The molecule has 0 atom stereocenters. The van der Waals surface area contributed by atoms with Crippen molar-refractivity contribution in [3.8, 4) is 55.6 Å². The zero-order valence-corrected chi connectivity index (χ0v) is 40.2. The third kappa shape index (κ3) is 5.96. The van der Waals surface area contributed by atoms with Crippen LogP contribution in [0.15, 0.2) is 170 Å². The number of hydrogen-bond acceptors (Lipinski definition) is 0. The van der Waals surface area contributed by atoms with Crippen molar-refractivity contribution in [2.75, 3.05) is 0 Å². The maximum Gasteiger partial charge on any atom is 0.0159 e. The van der Waals surface area contributed by atoms with Gasteiger partial charge in [-0.25, -0.2) is 0 Å². The Hall–Kier alpha value is -6.76. The van der Waals surface area contributed by atoms with E-state index in [0.717, 1.165) is 0 Å². The zero-order chi connectivity index (χ0) is 45.7. The molecular formula is C66H58. The fourth-order valence-electron chi connectivity index (χ4n) is 11.9. The van der Waals surface area contributed by atoms with Crippen LogP contribution in [0.1, 0.15) is 103 Å². The molecule has 0 bridgehead atoms. The van der Waals surface area contributed by atoms with Crippen LogP contribution in [0.4, 0.5) is 0 Å². The summed E-state index contributed by atoms with van der Waals surface area (Å²) in [6, 6.07) is 66.0.